The number of hydrogen-bond donors (Lipinski definition) is 1. The van der Waals surface area contributed by atoms with Crippen LogP contribution < -0.4 is 5.32 Å². The minimum atomic E-state index is -0.982. The van der Waals surface area contributed by atoms with Crippen molar-refractivity contribution in [2.75, 3.05) is 13.1 Å². The summed E-state index contributed by atoms with van der Waals surface area (Å²) in [5.41, 5.74) is 1.66. The van der Waals surface area contributed by atoms with Gasteiger partial charge in [-0.25, -0.2) is 0 Å². The summed E-state index contributed by atoms with van der Waals surface area (Å²) in [5.74, 6) is -0.208. The lowest BCUT2D eigenvalue weighted by atomic mass is 9.92. The van der Waals surface area contributed by atoms with Crippen molar-refractivity contribution < 1.29 is 4.79 Å². The summed E-state index contributed by atoms with van der Waals surface area (Å²) < 4.78 is 0. The number of amides is 1. The molecule has 1 amide bonds. The third-order valence-corrected chi connectivity index (χ3v) is 4.52. The number of carbonyl (C=O) groups excluding carboxylic acids is 1. The summed E-state index contributed by atoms with van der Waals surface area (Å²) in [5, 5.41) is 12.0. The third-order valence-electron chi connectivity index (χ3n) is 4.52. The van der Waals surface area contributed by atoms with Crippen LogP contribution in [0.4, 0.5) is 0 Å². The van der Waals surface area contributed by atoms with Crippen molar-refractivity contribution in [1.29, 1.82) is 5.26 Å². The number of rotatable bonds is 4. The molecule has 0 aromatic heterocycles. The number of nitriles is 1. The van der Waals surface area contributed by atoms with Crippen LogP contribution >= 0.6 is 0 Å². The van der Waals surface area contributed by atoms with E-state index in [1.807, 2.05) is 6.07 Å². The molecule has 22 heavy (non-hydrogen) atoms. The van der Waals surface area contributed by atoms with E-state index in [0.717, 1.165) is 19.5 Å². The Kier molecular flexibility index (Phi) is 4.58. The van der Waals surface area contributed by atoms with Crippen LogP contribution in [0, 0.1) is 16.7 Å². The predicted octanol–water partition coefficient (Wildman–Crippen LogP) is 2.49. The van der Waals surface area contributed by atoms with Crippen LogP contribution in [0.5, 0.6) is 0 Å². The highest BCUT2D eigenvalue weighted by atomic mass is 16.2. The second kappa shape index (κ2) is 6.10. The number of carbonyl (C=O) groups is 1. The summed E-state index contributed by atoms with van der Waals surface area (Å²) in [7, 11) is 0. The standard InChI is InChI=1S/C18H25N3O/c1-17(2,12-19)16(22)20-13-18(3,4)21-10-9-14-7-5-6-8-15(14)11-21/h5-8H,9-11,13H2,1-4H3,(H,20,22). The first kappa shape index (κ1) is 16.5. The van der Waals surface area contributed by atoms with E-state index in [0.29, 0.717) is 6.54 Å². The van der Waals surface area contributed by atoms with E-state index in [1.165, 1.54) is 11.1 Å². The van der Waals surface area contributed by atoms with Gasteiger partial charge in [0, 0.05) is 25.2 Å². The minimum absolute atomic E-state index is 0.144. The summed E-state index contributed by atoms with van der Waals surface area (Å²) in [6, 6.07) is 10.6. The van der Waals surface area contributed by atoms with Crippen molar-refractivity contribution in [3.05, 3.63) is 35.4 Å². The Labute approximate surface area is 133 Å². The van der Waals surface area contributed by atoms with Crippen molar-refractivity contribution in [2.45, 2.75) is 46.2 Å². The van der Waals surface area contributed by atoms with Crippen molar-refractivity contribution in [1.82, 2.24) is 10.2 Å². The van der Waals surface area contributed by atoms with Crippen LogP contribution in [0.1, 0.15) is 38.8 Å². The molecule has 1 aromatic carbocycles. The number of benzene rings is 1. The minimum Gasteiger partial charge on any atom is -0.353 e. The average Bonchev–Trinajstić information content (AvgIpc) is 2.52. The molecule has 0 unspecified atom stereocenters. The topological polar surface area (TPSA) is 56.1 Å². The lowest BCUT2D eigenvalue weighted by molar-refractivity contribution is -0.127. The van der Waals surface area contributed by atoms with Crippen molar-refractivity contribution in [3.63, 3.8) is 0 Å². The fraction of sp³-hybridized carbons (Fsp3) is 0.556. The van der Waals surface area contributed by atoms with E-state index >= 15 is 0 Å². The van der Waals surface area contributed by atoms with Crippen LogP contribution in [0.15, 0.2) is 24.3 Å². The molecule has 0 bridgehead atoms. The normalized spacial score (nSPS) is 15.8. The van der Waals surface area contributed by atoms with Crippen molar-refractivity contribution in [3.8, 4) is 6.07 Å². The molecule has 0 spiro atoms. The maximum Gasteiger partial charge on any atom is 0.239 e. The van der Waals surface area contributed by atoms with E-state index < -0.39 is 5.41 Å². The maximum absolute atomic E-state index is 12.1. The second-order valence-corrected chi connectivity index (χ2v) is 7.17. The highest BCUT2D eigenvalue weighted by molar-refractivity contribution is 5.84. The second-order valence-electron chi connectivity index (χ2n) is 7.17. The number of fused-ring (bicyclic) bond motifs is 1. The predicted molar refractivity (Wildman–Crippen MR) is 87.0 cm³/mol. The van der Waals surface area contributed by atoms with Gasteiger partial charge < -0.3 is 5.32 Å². The molecule has 0 saturated heterocycles. The van der Waals surface area contributed by atoms with E-state index in [9.17, 15) is 4.79 Å². The van der Waals surface area contributed by atoms with Gasteiger partial charge in [-0.2, -0.15) is 5.26 Å². The summed E-state index contributed by atoms with van der Waals surface area (Å²) in [6.45, 7) is 10.0. The van der Waals surface area contributed by atoms with Gasteiger partial charge in [0.1, 0.15) is 5.41 Å². The van der Waals surface area contributed by atoms with E-state index in [4.69, 9.17) is 5.26 Å². The molecule has 1 aliphatic rings. The molecule has 4 nitrogen and oxygen atoms in total. The van der Waals surface area contributed by atoms with Crippen LogP contribution in [-0.4, -0.2) is 29.4 Å². The fourth-order valence-corrected chi connectivity index (χ4v) is 2.69. The first-order valence-corrected chi connectivity index (χ1v) is 7.78. The fourth-order valence-electron chi connectivity index (χ4n) is 2.69. The van der Waals surface area contributed by atoms with Gasteiger partial charge in [0.05, 0.1) is 6.07 Å². The zero-order chi connectivity index (χ0) is 16.4. The molecule has 0 atom stereocenters. The highest BCUT2D eigenvalue weighted by Crippen LogP contribution is 2.25. The smallest absolute Gasteiger partial charge is 0.239 e. The summed E-state index contributed by atoms with van der Waals surface area (Å²) in [4.78, 5) is 14.5. The Morgan fingerprint density at radius 1 is 1.27 bits per heavy atom. The summed E-state index contributed by atoms with van der Waals surface area (Å²) >= 11 is 0. The molecule has 1 aromatic rings. The molecule has 0 saturated carbocycles. The quantitative estimate of drug-likeness (QED) is 0.929. The molecular weight excluding hydrogens is 274 g/mol. The first-order valence-electron chi connectivity index (χ1n) is 7.78. The number of nitrogens with zero attached hydrogens (tertiary/aromatic N) is 2. The molecule has 0 radical (unpaired) electrons. The van der Waals surface area contributed by atoms with Gasteiger partial charge in [0.15, 0.2) is 0 Å². The third kappa shape index (κ3) is 3.48. The monoisotopic (exact) mass is 299 g/mol. The Morgan fingerprint density at radius 2 is 1.91 bits per heavy atom. The number of nitrogens with one attached hydrogen (secondary N) is 1. The molecule has 1 heterocycles. The average molecular weight is 299 g/mol. The van der Waals surface area contributed by atoms with E-state index in [-0.39, 0.29) is 11.4 Å². The Morgan fingerprint density at radius 3 is 2.55 bits per heavy atom. The molecule has 1 aliphatic heterocycles. The van der Waals surface area contributed by atoms with Crippen LogP contribution in [0.25, 0.3) is 0 Å². The molecule has 1 N–H and O–H groups in total. The van der Waals surface area contributed by atoms with Crippen LogP contribution in [0.3, 0.4) is 0 Å². The highest BCUT2D eigenvalue weighted by Gasteiger charge is 2.33. The van der Waals surface area contributed by atoms with Crippen molar-refractivity contribution >= 4 is 5.91 Å². The summed E-state index contributed by atoms with van der Waals surface area (Å²) in [6.07, 6.45) is 1.04. The first-order chi connectivity index (χ1) is 10.3. The van der Waals surface area contributed by atoms with Gasteiger partial charge in [-0.3, -0.25) is 9.69 Å². The molecule has 0 aliphatic carbocycles. The maximum atomic E-state index is 12.1. The zero-order valence-corrected chi connectivity index (χ0v) is 13.9. The molecule has 4 heteroatoms. The van der Waals surface area contributed by atoms with E-state index in [1.54, 1.807) is 13.8 Å². The Bertz CT molecular complexity index is 599. The van der Waals surface area contributed by atoms with Gasteiger partial charge >= 0.3 is 0 Å². The molecule has 118 valence electrons. The van der Waals surface area contributed by atoms with Crippen LogP contribution in [-0.2, 0) is 17.8 Å². The van der Waals surface area contributed by atoms with E-state index in [2.05, 4.69) is 48.3 Å². The largest absolute Gasteiger partial charge is 0.353 e. The SMILES string of the molecule is CC(C)(C#N)C(=O)NCC(C)(C)N1CCc2ccccc2C1. The molecular formula is C18H25N3O. The lowest BCUT2D eigenvalue weighted by Gasteiger charge is -2.42. The lowest BCUT2D eigenvalue weighted by Crippen LogP contribution is -2.54. The zero-order valence-electron chi connectivity index (χ0n) is 13.9. The molecule has 2 rings (SSSR count). The Balaban J connectivity index is 2.00. The van der Waals surface area contributed by atoms with Gasteiger partial charge in [-0.05, 0) is 45.2 Å². The number of hydrogen-bond acceptors (Lipinski definition) is 3. The van der Waals surface area contributed by atoms with Gasteiger partial charge in [-0.1, -0.05) is 24.3 Å². The van der Waals surface area contributed by atoms with Gasteiger partial charge in [0.2, 0.25) is 5.91 Å². The van der Waals surface area contributed by atoms with Gasteiger partial charge in [0.25, 0.3) is 0 Å². The Hall–Kier alpha value is -1.86. The van der Waals surface area contributed by atoms with Crippen molar-refractivity contribution in [2.24, 2.45) is 5.41 Å². The van der Waals surface area contributed by atoms with Crippen LogP contribution in [0.2, 0.25) is 0 Å². The molecule has 0 fully saturated rings. The van der Waals surface area contributed by atoms with Gasteiger partial charge in [-0.15, -0.1) is 0 Å².